The molecule has 2 aromatic carbocycles. The molecule has 0 unspecified atom stereocenters. The Kier molecular flexibility index (Phi) is 5.43. The van der Waals surface area contributed by atoms with Crippen LogP contribution in [0, 0.1) is 0 Å². The van der Waals surface area contributed by atoms with Crippen molar-refractivity contribution < 1.29 is 9.90 Å². The molecule has 0 aliphatic carbocycles. The van der Waals surface area contributed by atoms with Gasteiger partial charge >= 0.3 is 0 Å². The molecule has 4 rings (SSSR count). The molecule has 0 atom stereocenters. The lowest BCUT2D eigenvalue weighted by Crippen LogP contribution is -2.14. The fourth-order valence-corrected chi connectivity index (χ4v) is 3.72. The quantitative estimate of drug-likeness (QED) is 0.457. The van der Waals surface area contributed by atoms with Gasteiger partial charge < -0.3 is 15.0 Å². The summed E-state index contributed by atoms with van der Waals surface area (Å²) in [5.74, 6) is -0.0828. The van der Waals surface area contributed by atoms with Crippen molar-refractivity contribution in [3.63, 3.8) is 0 Å². The first-order chi connectivity index (χ1) is 14.0. The number of rotatable bonds is 5. The van der Waals surface area contributed by atoms with E-state index in [0.717, 1.165) is 16.5 Å². The first-order valence-corrected chi connectivity index (χ1v) is 9.71. The molecule has 0 aliphatic heterocycles. The molecule has 2 aromatic heterocycles. The molecule has 0 bridgehead atoms. The molecule has 0 fully saturated rings. The maximum atomic E-state index is 12.6. The van der Waals surface area contributed by atoms with Gasteiger partial charge in [0.2, 0.25) is 5.91 Å². The lowest BCUT2D eigenvalue weighted by molar-refractivity contribution is -0.115. The van der Waals surface area contributed by atoms with Gasteiger partial charge in [0.1, 0.15) is 10.9 Å². The molecule has 7 heteroatoms. The number of hydrogen-bond acceptors (Lipinski definition) is 3. The standard InChI is InChI=1S/C22H17Cl2N3O2/c23-15-3-1-14(2-4-15)13-27-20-6-5-17(28)11-18(20)19(22(27)24)12-21(29)26-16-7-9-25-10-8-16/h1-11,28H,12-13H2,(H,25,26,29). The predicted molar refractivity (Wildman–Crippen MR) is 116 cm³/mol. The highest BCUT2D eigenvalue weighted by Gasteiger charge is 2.19. The number of phenolic OH excluding ortho intramolecular Hbond substituents is 1. The van der Waals surface area contributed by atoms with Gasteiger partial charge in [0, 0.05) is 40.6 Å². The topological polar surface area (TPSA) is 67.2 Å². The first-order valence-electron chi connectivity index (χ1n) is 8.95. The van der Waals surface area contributed by atoms with Crippen LogP contribution in [0.25, 0.3) is 10.9 Å². The molecule has 0 saturated carbocycles. The average molecular weight is 426 g/mol. The summed E-state index contributed by atoms with van der Waals surface area (Å²) in [6.45, 7) is 0.517. The van der Waals surface area contributed by atoms with Gasteiger partial charge in [0.15, 0.2) is 0 Å². The third-order valence-corrected chi connectivity index (χ3v) is 5.32. The molecule has 4 aromatic rings. The van der Waals surface area contributed by atoms with Gasteiger partial charge in [-0.1, -0.05) is 35.3 Å². The van der Waals surface area contributed by atoms with Gasteiger partial charge in [-0.15, -0.1) is 0 Å². The summed E-state index contributed by atoms with van der Waals surface area (Å²) in [6, 6.07) is 16.0. The lowest BCUT2D eigenvalue weighted by Gasteiger charge is -2.08. The molecular formula is C22H17Cl2N3O2. The Morgan fingerprint density at radius 1 is 1.03 bits per heavy atom. The zero-order valence-corrected chi connectivity index (χ0v) is 16.8. The Hall–Kier alpha value is -3.02. The van der Waals surface area contributed by atoms with Crippen LogP contribution in [0.2, 0.25) is 10.2 Å². The highest BCUT2D eigenvalue weighted by Crippen LogP contribution is 2.33. The number of phenols is 1. The summed E-state index contributed by atoms with van der Waals surface area (Å²) in [7, 11) is 0. The van der Waals surface area contributed by atoms with Crippen molar-refractivity contribution in [2.24, 2.45) is 0 Å². The van der Waals surface area contributed by atoms with E-state index in [4.69, 9.17) is 23.2 Å². The number of amides is 1. The molecule has 146 valence electrons. The van der Waals surface area contributed by atoms with Crippen LogP contribution in [0.15, 0.2) is 67.0 Å². The maximum absolute atomic E-state index is 12.6. The minimum absolute atomic E-state index is 0.0781. The summed E-state index contributed by atoms with van der Waals surface area (Å²) in [5, 5.41) is 14.7. The molecule has 2 N–H and O–H groups in total. The first kappa shape index (κ1) is 19.3. The molecule has 2 heterocycles. The number of carbonyl (C=O) groups is 1. The summed E-state index contributed by atoms with van der Waals surface area (Å²) < 4.78 is 1.93. The van der Waals surface area contributed by atoms with Gasteiger partial charge in [0.25, 0.3) is 0 Å². The second-order valence-electron chi connectivity index (χ2n) is 6.64. The highest BCUT2D eigenvalue weighted by atomic mass is 35.5. The third kappa shape index (κ3) is 4.21. The summed E-state index contributed by atoms with van der Waals surface area (Å²) >= 11 is 12.7. The fourth-order valence-electron chi connectivity index (χ4n) is 3.28. The molecule has 5 nitrogen and oxygen atoms in total. The van der Waals surface area contributed by atoms with Gasteiger partial charge in [-0.3, -0.25) is 9.78 Å². The van der Waals surface area contributed by atoms with Crippen molar-refractivity contribution >= 4 is 45.7 Å². The Morgan fingerprint density at radius 2 is 1.76 bits per heavy atom. The van der Waals surface area contributed by atoms with Gasteiger partial charge in [0.05, 0.1) is 11.9 Å². The summed E-state index contributed by atoms with van der Waals surface area (Å²) in [6.07, 6.45) is 3.30. The normalized spacial score (nSPS) is 11.0. The van der Waals surface area contributed by atoms with Crippen molar-refractivity contribution in [2.45, 2.75) is 13.0 Å². The van der Waals surface area contributed by atoms with Crippen molar-refractivity contribution in [3.05, 3.63) is 88.3 Å². The molecule has 0 radical (unpaired) electrons. The van der Waals surface area contributed by atoms with Gasteiger partial charge in [-0.05, 0) is 48.0 Å². The summed E-state index contributed by atoms with van der Waals surface area (Å²) in [5.41, 5.74) is 3.19. The SMILES string of the molecule is O=C(Cc1c(Cl)n(Cc2ccc(Cl)cc2)c2ccc(O)cc12)Nc1ccncc1. The van der Waals surface area contributed by atoms with Crippen LogP contribution in [0.4, 0.5) is 5.69 Å². The molecule has 29 heavy (non-hydrogen) atoms. The van der Waals surface area contributed by atoms with E-state index < -0.39 is 0 Å². The Labute approximate surface area is 177 Å². The van der Waals surface area contributed by atoms with Crippen LogP contribution in [0.1, 0.15) is 11.1 Å². The van der Waals surface area contributed by atoms with E-state index in [1.165, 1.54) is 0 Å². The van der Waals surface area contributed by atoms with E-state index >= 15 is 0 Å². The number of anilines is 1. The Morgan fingerprint density at radius 3 is 2.48 bits per heavy atom. The van der Waals surface area contributed by atoms with E-state index in [9.17, 15) is 9.90 Å². The lowest BCUT2D eigenvalue weighted by atomic mass is 10.1. The maximum Gasteiger partial charge on any atom is 0.228 e. The van der Waals surface area contributed by atoms with E-state index in [2.05, 4.69) is 10.3 Å². The Balaban J connectivity index is 1.69. The number of halogens is 2. The third-order valence-electron chi connectivity index (χ3n) is 4.64. The Bertz CT molecular complexity index is 1170. The second-order valence-corrected chi connectivity index (χ2v) is 7.44. The number of pyridine rings is 1. The minimum Gasteiger partial charge on any atom is -0.508 e. The predicted octanol–water partition coefficient (Wildman–Crippen LogP) is 5.28. The average Bonchev–Trinajstić information content (AvgIpc) is 2.95. The second kappa shape index (κ2) is 8.15. The number of nitrogens with one attached hydrogen (secondary N) is 1. The van der Waals surface area contributed by atoms with E-state index in [1.807, 2.05) is 28.8 Å². The molecule has 1 amide bonds. The number of carbonyl (C=O) groups excluding carboxylic acids is 1. The number of aromatic hydroxyl groups is 1. The van der Waals surface area contributed by atoms with Crippen LogP contribution in [0.3, 0.4) is 0 Å². The fraction of sp³-hybridized carbons (Fsp3) is 0.0909. The highest BCUT2D eigenvalue weighted by molar-refractivity contribution is 6.32. The van der Waals surface area contributed by atoms with Crippen LogP contribution < -0.4 is 5.32 Å². The minimum atomic E-state index is -0.202. The van der Waals surface area contributed by atoms with Gasteiger partial charge in [-0.25, -0.2) is 0 Å². The molecule has 0 saturated heterocycles. The summed E-state index contributed by atoms with van der Waals surface area (Å²) in [4.78, 5) is 16.5. The van der Waals surface area contributed by atoms with Crippen LogP contribution in [0.5, 0.6) is 5.75 Å². The zero-order chi connectivity index (χ0) is 20.4. The van der Waals surface area contributed by atoms with Crippen molar-refractivity contribution in [1.82, 2.24) is 9.55 Å². The van der Waals surface area contributed by atoms with E-state index in [0.29, 0.717) is 28.0 Å². The van der Waals surface area contributed by atoms with E-state index in [-0.39, 0.29) is 18.1 Å². The van der Waals surface area contributed by atoms with Crippen LogP contribution >= 0.6 is 23.2 Å². The number of benzene rings is 2. The van der Waals surface area contributed by atoms with Crippen LogP contribution in [-0.2, 0) is 17.8 Å². The number of hydrogen-bond donors (Lipinski definition) is 2. The molecular weight excluding hydrogens is 409 g/mol. The molecule has 0 spiro atoms. The van der Waals surface area contributed by atoms with Gasteiger partial charge in [-0.2, -0.15) is 0 Å². The smallest absolute Gasteiger partial charge is 0.228 e. The van der Waals surface area contributed by atoms with E-state index in [1.54, 1.807) is 42.7 Å². The van der Waals surface area contributed by atoms with Crippen molar-refractivity contribution in [1.29, 1.82) is 0 Å². The largest absolute Gasteiger partial charge is 0.508 e. The zero-order valence-electron chi connectivity index (χ0n) is 15.3. The number of nitrogens with zero attached hydrogens (tertiary/aromatic N) is 2. The number of fused-ring (bicyclic) bond motifs is 1. The molecule has 0 aliphatic rings. The monoisotopic (exact) mass is 425 g/mol. The van der Waals surface area contributed by atoms with Crippen LogP contribution in [-0.4, -0.2) is 20.6 Å². The van der Waals surface area contributed by atoms with Crippen molar-refractivity contribution in [2.75, 3.05) is 5.32 Å². The van der Waals surface area contributed by atoms with Crippen molar-refractivity contribution in [3.8, 4) is 5.75 Å². The number of aromatic nitrogens is 2.